The van der Waals surface area contributed by atoms with Crippen LogP contribution in [0.4, 0.5) is 10.1 Å². The topological polar surface area (TPSA) is 73.0 Å². The summed E-state index contributed by atoms with van der Waals surface area (Å²) in [4.78, 5) is 18.0. The fraction of sp³-hybridized carbons (Fsp3) is 0.212. The van der Waals surface area contributed by atoms with Gasteiger partial charge in [-0.15, -0.1) is 0 Å². The Balaban J connectivity index is 1.59. The van der Waals surface area contributed by atoms with E-state index in [1.807, 2.05) is 54.1 Å². The molecule has 6 nitrogen and oxygen atoms in total. The molecule has 3 aromatic carbocycles. The monoisotopic (exact) mass is 570 g/mol. The lowest BCUT2D eigenvalue weighted by molar-refractivity contribution is -0.138. The van der Waals surface area contributed by atoms with E-state index in [-0.39, 0.29) is 23.8 Å². The van der Waals surface area contributed by atoms with Gasteiger partial charge >= 0.3 is 5.97 Å². The first-order chi connectivity index (χ1) is 19.9. The molecule has 2 heterocycles. The second kappa shape index (κ2) is 12.5. The number of aliphatic imine (C=N–C) groups is 1. The summed E-state index contributed by atoms with van der Waals surface area (Å²) >= 11 is 1.21. The van der Waals surface area contributed by atoms with Crippen molar-refractivity contribution in [3.63, 3.8) is 0 Å². The lowest BCUT2D eigenvalue weighted by Crippen LogP contribution is -2.12. The molecule has 1 aliphatic heterocycles. The van der Waals surface area contributed by atoms with Crippen LogP contribution in [0.1, 0.15) is 37.5 Å². The van der Waals surface area contributed by atoms with E-state index in [0.29, 0.717) is 34.4 Å². The number of benzene rings is 3. The first-order valence-corrected chi connectivity index (χ1v) is 14.4. The van der Waals surface area contributed by atoms with E-state index in [0.717, 1.165) is 34.2 Å². The maximum absolute atomic E-state index is 14.6. The number of aryl methyl sites for hydroxylation is 1. The molecular formula is C33H31FN2O4S. The van der Waals surface area contributed by atoms with Crippen molar-refractivity contribution in [2.24, 2.45) is 4.99 Å². The molecule has 0 bridgehead atoms. The number of thioether (sulfide) groups is 1. The predicted molar refractivity (Wildman–Crippen MR) is 163 cm³/mol. The third-order valence-corrected chi connectivity index (χ3v) is 7.75. The molecule has 0 spiro atoms. The zero-order chi connectivity index (χ0) is 28.9. The van der Waals surface area contributed by atoms with Gasteiger partial charge in [0.2, 0.25) is 0 Å². The normalized spacial score (nSPS) is 15.3. The van der Waals surface area contributed by atoms with Gasteiger partial charge in [-0.25, -0.2) is 14.2 Å². The lowest BCUT2D eigenvalue weighted by Gasteiger charge is -2.09. The SMILES string of the molecule is CCOC(=O)C1=C(O)/C(=C/c2cn(Cc3ccccc3F)c3c(CC)cccc23)SC1=Nc1ccc(OCC)cc1. The highest BCUT2D eigenvalue weighted by Gasteiger charge is 2.33. The van der Waals surface area contributed by atoms with Gasteiger partial charge in [-0.2, -0.15) is 0 Å². The van der Waals surface area contributed by atoms with Crippen LogP contribution in [-0.2, 0) is 22.5 Å². The van der Waals surface area contributed by atoms with Crippen molar-refractivity contribution in [1.82, 2.24) is 4.57 Å². The molecule has 1 N–H and O–H groups in total. The second-order valence-electron chi connectivity index (χ2n) is 9.37. The van der Waals surface area contributed by atoms with Crippen LogP contribution < -0.4 is 4.74 Å². The van der Waals surface area contributed by atoms with E-state index in [1.165, 1.54) is 17.8 Å². The number of halogens is 1. The molecule has 0 fully saturated rings. The highest BCUT2D eigenvalue weighted by Crippen LogP contribution is 2.41. The van der Waals surface area contributed by atoms with Crippen LogP contribution in [0.3, 0.4) is 0 Å². The summed E-state index contributed by atoms with van der Waals surface area (Å²) < 4.78 is 27.4. The van der Waals surface area contributed by atoms with Gasteiger partial charge < -0.3 is 19.1 Å². The maximum atomic E-state index is 14.6. The Labute approximate surface area is 242 Å². The minimum atomic E-state index is -0.638. The number of fused-ring (bicyclic) bond motifs is 1. The van der Waals surface area contributed by atoms with Gasteiger partial charge in [-0.3, -0.25) is 0 Å². The molecule has 4 aromatic rings. The molecular weight excluding hydrogens is 539 g/mol. The molecule has 0 amide bonds. The van der Waals surface area contributed by atoms with Crippen LogP contribution in [0.5, 0.6) is 5.75 Å². The lowest BCUT2D eigenvalue weighted by atomic mass is 10.1. The van der Waals surface area contributed by atoms with Crippen LogP contribution >= 0.6 is 11.8 Å². The molecule has 8 heteroatoms. The van der Waals surface area contributed by atoms with Crippen molar-refractivity contribution in [2.45, 2.75) is 33.7 Å². The second-order valence-corrected chi connectivity index (χ2v) is 10.4. The average Bonchev–Trinajstić information content (AvgIpc) is 3.47. The molecule has 1 aliphatic rings. The minimum Gasteiger partial charge on any atom is -0.506 e. The van der Waals surface area contributed by atoms with Crippen LogP contribution in [0, 0.1) is 5.82 Å². The molecule has 5 rings (SSSR count). The Morgan fingerprint density at radius 2 is 1.76 bits per heavy atom. The molecule has 41 heavy (non-hydrogen) atoms. The number of hydrogen-bond acceptors (Lipinski definition) is 6. The fourth-order valence-corrected chi connectivity index (χ4v) is 5.86. The van der Waals surface area contributed by atoms with Crippen molar-refractivity contribution >= 4 is 45.4 Å². The van der Waals surface area contributed by atoms with Crippen molar-refractivity contribution in [2.75, 3.05) is 13.2 Å². The summed E-state index contributed by atoms with van der Waals surface area (Å²) in [5.41, 5.74) is 4.20. The van der Waals surface area contributed by atoms with Gasteiger partial charge in [0.05, 0.1) is 35.9 Å². The summed E-state index contributed by atoms with van der Waals surface area (Å²) in [5.74, 6) is -0.358. The number of para-hydroxylation sites is 1. The van der Waals surface area contributed by atoms with Gasteiger partial charge in [0.25, 0.3) is 0 Å². The third kappa shape index (κ3) is 5.93. The number of rotatable bonds is 9. The molecule has 210 valence electrons. The molecule has 1 aromatic heterocycles. The summed E-state index contributed by atoms with van der Waals surface area (Å²) in [6.07, 6.45) is 4.61. The Bertz CT molecular complexity index is 1690. The van der Waals surface area contributed by atoms with Gasteiger partial charge in [0.15, 0.2) is 0 Å². The largest absolute Gasteiger partial charge is 0.506 e. The zero-order valence-electron chi connectivity index (χ0n) is 23.2. The Hall–Kier alpha value is -4.30. The number of ether oxygens (including phenoxy) is 2. The third-order valence-electron chi connectivity index (χ3n) is 6.73. The van der Waals surface area contributed by atoms with Gasteiger partial charge in [-0.05, 0) is 62.2 Å². The van der Waals surface area contributed by atoms with Gasteiger partial charge in [0.1, 0.15) is 27.9 Å². The summed E-state index contributed by atoms with van der Waals surface area (Å²) in [7, 11) is 0. The number of carbonyl (C=O) groups is 1. The first-order valence-electron chi connectivity index (χ1n) is 13.6. The summed E-state index contributed by atoms with van der Waals surface area (Å²) in [5, 5.41) is 12.6. The molecule has 0 aliphatic carbocycles. The number of nitrogens with zero attached hydrogens (tertiary/aromatic N) is 2. The number of aliphatic hydroxyl groups is 1. The van der Waals surface area contributed by atoms with Crippen LogP contribution in [-0.4, -0.2) is 33.9 Å². The highest BCUT2D eigenvalue weighted by atomic mass is 32.2. The van der Waals surface area contributed by atoms with E-state index in [4.69, 9.17) is 9.47 Å². The number of esters is 1. The quantitative estimate of drug-likeness (QED) is 0.207. The number of carbonyl (C=O) groups excluding carboxylic acids is 1. The molecule has 0 atom stereocenters. The smallest absolute Gasteiger partial charge is 0.344 e. The minimum absolute atomic E-state index is 0.0290. The van der Waals surface area contributed by atoms with E-state index in [9.17, 15) is 14.3 Å². The number of aliphatic hydroxyl groups excluding tert-OH is 1. The Morgan fingerprint density at radius 3 is 2.46 bits per heavy atom. The summed E-state index contributed by atoms with van der Waals surface area (Å²) in [6.45, 7) is 6.79. The van der Waals surface area contributed by atoms with Gasteiger partial charge in [0, 0.05) is 22.7 Å². The Morgan fingerprint density at radius 1 is 1.00 bits per heavy atom. The molecule has 0 saturated carbocycles. The average molecular weight is 571 g/mol. The van der Waals surface area contributed by atoms with Crippen molar-refractivity contribution in [3.8, 4) is 5.75 Å². The highest BCUT2D eigenvalue weighted by molar-refractivity contribution is 8.18. The standard InChI is InChI=1S/C33H31FN2O4S/c1-4-21-11-9-12-26-23(20-36(30(21)26)19-22-10-7-8-13-27(22)34)18-28-31(37)29(33(38)40-6-3)32(41-28)35-24-14-16-25(17-15-24)39-5-2/h7-18,20,37H,4-6,19H2,1-3H3/b28-18-,35-32?. The zero-order valence-corrected chi connectivity index (χ0v) is 24.0. The van der Waals surface area contributed by atoms with Crippen LogP contribution in [0.25, 0.3) is 17.0 Å². The molecule has 0 unspecified atom stereocenters. The number of hydrogen-bond donors (Lipinski definition) is 1. The van der Waals surface area contributed by atoms with E-state index >= 15 is 0 Å². The first kappa shape index (κ1) is 28.2. The molecule has 0 saturated heterocycles. The van der Waals surface area contributed by atoms with E-state index in [1.54, 1.807) is 31.2 Å². The number of aromatic nitrogens is 1. The van der Waals surface area contributed by atoms with Crippen molar-refractivity contribution < 1.29 is 23.8 Å². The fourth-order valence-electron chi connectivity index (χ4n) is 4.83. The molecule has 0 radical (unpaired) electrons. The van der Waals surface area contributed by atoms with E-state index in [2.05, 4.69) is 18.0 Å². The van der Waals surface area contributed by atoms with Crippen molar-refractivity contribution in [1.29, 1.82) is 0 Å². The maximum Gasteiger partial charge on any atom is 0.344 e. The Kier molecular flexibility index (Phi) is 8.59. The predicted octanol–water partition coefficient (Wildman–Crippen LogP) is 7.98. The van der Waals surface area contributed by atoms with Gasteiger partial charge in [-0.1, -0.05) is 55.1 Å². The van der Waals surface area contributed by atoms with E-state index < -0.39 is 5.97 Å². The van der Waals surface area contributed by atoms with Crippen molar-refractivity contribution in [3.05, 3.63) is 112 Å². The van der Waals surface area contributed by atoms with Crippen LogP contribution in [0.2, 0.25) is 0 Å². The summed E-state index contributed by atoms with van der Waals surface area (Å²) in [6, 6.07) is 20.0. The van der Waals surface area contributed by atoms with Crippen LogP contribution in [0.15, 0.2) is 94.2 Å².